The Balaban J connectivity index is 1.81. The molecule has 206 valence electrons. The third-order valence-electron chi connectivity index (χ3n) is 6.08. The second-order valence-corrected chi connectivity index (χ2v) is 8.58. The summed E-state index contributed by atoms with van der Waals surface area (Å²) in [5.74, 6) is -5.72. The smallest absolute Gasteiger partial charge is 0.342 e. The van der Waals surface area contributed by atoms with Gasteiger partial charge < -0.3 is 46.4 Å². The molecule has 0 bridgehead atoms. The molecule has 0 radical (unpaired) electrons. The van der Waals surface area contributed by atoms with Gasteiger partial charge in [-0.15, -0.1) is 0 Å². The Labute approximate surface area is 211 Å². The minimum Gasteiger partial charge on any atom is -0.506 e. The zero-order valence-electron chi connectivity index (χ0n) is 19.5. The molecular weight excluding hydrogens is 514 g/mol. The SMILES string of the molecule is C[C@@H]([C@H](N)C(=O)N[C@H](C(=O)O)[C@H]1O[C@@H](n2cc(C(=O)O)c(=O)[nH]c2=O)[C@H](O)[C@@H]1O)[C@H](O)c1ccc(O)cn1. The van der Waals surface area contributed by atoms with Gasteiger partial charge in [0.05, 0.1) is 17.9 Å². The summed E-state index contributed by atoms with van der Waals surface area (Å²) < 4.78 is 5.80. The molecule has 17 heteroatoms. The normalized spacial score (nSPS) is 24.2. The highest BCUT2D eigenvalue weighted by Crippen LogP contribution is 2.31. The highest BCUT2D eigenvalue weighted by molar-refractivity contribution is 5.87. The number of pyridine rings is 1. The van der Waals surface area contributed by atoms with Crippen molar-refractivity contribution < 1.29 is 49.8 Å². The van der Waals surface area contributed by atoms with Crippen LogP contribution in [0.25, 0.3) is 0 Å². The molecule has 8 atom stereocenters. The van der Waals surface area contributed by atoms with Crippen molar-refractivity contribution in [1.29, 1.82) is 0 Å². The molecule has 3 rings (SSSR count). The molecule has 1 saturated heterocycles. The van der Waals surface area contributed by atoms with E-state index in [0.29, 0.717) is 10.8 Å². The maximum atomic E-state index is 12.8. The zero-order chi connectivity index (χ0) is 28.5. The van der Waals surface area contributed by atoms with Gasteiger partial charge in [0.2, 0.25) is 5.91 Å². The average molecular weight is 539 g/mol. The van der Waals surface area contributed by atoms with Crippen LogP contribution in [-0.4, -0.2) is 93.4 Å². The summed E-state index contributed by atoms with van der Waals surface area (Å²) in [6, 6.07) is -1.00. The van der Waals surface area contributed by atoms with Crippen molar-refractivity contribution in [2.24, 2.45) is 11.7 Å². The van der Waals surface area contributed by atoms with Crippen LogP contribution in [0.3, 0.4) is 0 Å². The number of aliphatic hydroxyl groups excluding tert-OH is 3. The number of aliphatic carboxylic acids is 1. The van der Waals surface area contributed by atoms with E-state index in [1.54, 1.807) is 4.98 Å². The van der Waals surface area contributed by atoms with Crippen LogP contribution in [-0.2, 0) is 14.3 Å². The Morgan fingerprint density at radius 1 is 1.18 bits per heavy atom. The van der Waals surface area contributed by atoms with Crippen LogP contribution < -0.4 is 22.3 Å². The molecule has 1 aliphatic rings. The van der Waals surface area contributed by atoms with Crippen molar-refractivity contribution in [3.05, 3.63) is 56.6 Å². The molecule has 0 spiro atoms. The number of amides is 1. The first-order chi connectivity index (χ1) is 17.7. The number of aliphatic hydroxyl groups is 3. The second kappa shape index (κ2) is 11.1. The van der Waals surface area contributed by atoms with Crippen LogP contribution in [0.2, 0.25) is 0 Å². The van der Waals surface area contributed by atoms with Crippen molar-refractivity contribution in [2.75, 3.05) is 0 Å². The molecule has 0 saturated carbocycles. The lowest BCUT2D eigenvalue weighted by atomic mass is 9.92. The zero-order valence-corrected chi connectivity index (χ0v) is 19.5. The standard InChI is InChI=1S/C21H25N5O12/c1-6(12(28)9-3-2-7(27)4-23-9)10(22)17(32)24-11(20(35)36)15-13(29)14(30)18(38-15)26-5-8(19(33)34)16(31)25-21(26)37/h2-6,10-15,18,27-30H,22H2,1H3,(H,24,32)(H,33,34)(H,35,36)(H,25,31,37)/t6-,10-,11-,12-,13-,14+,15+,18+/m0/s1. The number of ether oxygens (including phenoxy) is 1. The van der Waals surface area contributed by atoms with Gasteiger partial charge in [0.25, 0.3) is 5.56 Å². The van der Waals surface area contributed by atoms with Gasteiger partial charge in [0, 0.05) is 12.1 Å². The summed E-state index contributed by atoms with van der Waals surface area (Å²) in [6.45, 7) is 1.38. The molecule has 1 amide bonds. The van der Waals surface area contributed by atoms with Crippen molar-refractivity contribution in [1.82, 2.24) is 19.9 Å². The van der Waals surface area contributed by atoms with Crippen molar-refractivity contribution in [3.63, 3.8) is 0 Å². The maximum Gasteiger partial charge on any atom is 0.342 e. The van der Waals surface area contributed by atoms with Crippen molar-refractivity contribution in [2.45, 2.75) is 49.7 Å². The number of nitrogens with zero attached hydrogens (tertiary/aromatic N) is 2. The van der Waals surface area contributed by atoms with E-state index in [1.807, 2.05) is 0 Å². The van der Waals surface area contributed by atoms with Crippen LogP contribution in [0.15, 0.2) is 34.1 Å². The van der Waals surface area contributed by atoms with E-state index < -0.39 is 83.3 Å². The van der Waals surface area contributed by atoms with Crippen LogP contribution in [0.1, 0.15) is 35.3 Å². The summed E-state index contributed by atoms with van der Waals surface area (Å²) >= 11 is 0. The lowest BCUT2D eigenvalue weighted by Gasteiger charge is -2.28. The number of rotatable bonds is 9. The minimum atomic E-state index is -2.03. The number of aromatic hydroxyl groups is 1. The van der Waals surface area contributed by atoms with E-state index in [1.165, 1.54) is 19.1 Å². The van der Waals surface area contributed by atoms with Crippen molar-refractivity contribution in [3.8, 4) is 5.75 Å². The Kier molecular flexibility index (Phi) is 8.28. The van der Waals surface area contributed by atoms with E-state index in [-0.39, 0.29) is 11.4 Å². The number of aromatic amines is 1. The molecule has 3 heterocycles. The van der Waals surface area contributed by atoms with Gasteiger partial charge in [-0.25, -0.2) is 14.4 Å². The summed E-state index contributed by atoms with van der Waals surface area (Å²) in [5.41, 5.74) is 2.61. The first-order valence-electron chi connectivity index (χ1n) is 11.0. The van der Waals surface area contributed by atoms with Gasteiger partial charge in [-0.1, -0.05) is 6.92 Å². The number of hydrogen-bond acceptors (Lipinski definition) is 12. The summed E-state index contributed by atoms with van der Waals surface area (Å²) in [5, 5.41) is 61.5. The van der Waals surface area contributed by atoms with Gasteiger partial charge in [-0.05, 0) is 12.1 Å². The monoisotopic (exact) mass is 539 g/mol. The van der Waals surface area contributed by atoms with E-state index in [4.69, 9.17) is 15.6 Å². The molecule has 38 heavy (non-hydrogen) atoms. The number of carbonyl (C=O) groups excluding carboxylic acids is 1. The van der Waals surface area contributed by atoms with Gasteiger partial charge in [-0.2, -0.15) is 0 Å². The van der Waals surface area contributed by atoms with Gasteiger partial charge in [-0.3, -0.25) is 24.1 Å². The highest BCUT2D eigenvalue weighted by atomic mass is 16.6. The van der Waals surface area contributed by atoms with E-state index in [2.05, 4.69) is 10.3 Å². The largest absolute Gasteiger partial charge is 0.506 e. The quantitative estimate of drug-likeness (QED) is 0.148. The third-order valence-corrected chi connectivity index (χ3v) is 6.08. The number of carbonyl (C=O) groups is 3. The molecule has 2 aromatic rings. The van der Waals surface area contributed by atoms with Crippen molar-refractivity contribution >= 4 is 17.8 Å². The number of nitrogens with one attached hydrogen (secondary N) is 2. The highest BCUT2D eigenvalue weighted by Gasteiger charge is 2.50. The number of carboxylic acid groups (broad SMARTS) is 2. The van der Waals surface area contributed by atoms with Crippen LogP contribution in [0.5, 0.6) is 5.75 Å². The molecule has 10 N–H and O–H groups in total. The third kappa shape index (κ3) is 5.55. The number of H-pyrrole nitrogens is 1. The topological polar surface area (TPSA) is 288 Å². The Hall–Kier alpha value is -4.16. The molecular formula is C21H25N5O12. The molecule has 0 unspecified atom stereocenters. The minimum absolute atomic E-state index is 0.0703. The van der Waals surface area contributed by atoms with Crippen LogP contribution in [0, 0.1) is 5.92 Å². The van der Waals surface area contributed by atoms with Crippen LogP contribution in [0.4, 0.5) is 0 Å². The average Bonchev–Trinajstić information content (AvgIpc) is 3.14. The number of aromatic carboxylic acids is 1. The first kappa shape index (κ1) is 28.4. The predicted molar refractivity (Wildman–Crippen MR) is 122 cm³/mol. The Morgan fingerprint density at radius 3 is 2.39 bits per heavy atom. The van der Waals surface area contributed by atoms with Gasteiger partial charge in [0.1, 0.15) is 35.7 Å². The summed E-state index contributed by atoms with van der Waals surface area (Å²) in [7, 11) is 0. The summed E-state index contributed by atoms with van der Waals surface area (Å²) in [4.78, 5) is 65.4. The molecule has 0 aliphatic carbocycles. The second-order valence-electron chi connectivity index (χ2n) is 8.58. The molecule has 17 nitrogen and oxygen atoms in total. The maximum absolute atomic E-state index is 12.8. The predicted octanol–water partition coefficient (Wildman–Crippen LogP) is -3.78. The lowest BCUT2D eigenvalue weighted by Crippen LogP contribution is -2.57. The molecule has 0 aromatic carbocycles. The van der Waals surface area contributed by atoms with Crippen LogP contribution >= 0.6 is 0 Å². The first-order valence-corrected chi connectivity index (χ1v) is 11.0. The number of nitrogens with two attached hydrogens (primary N) is 1. The van der Waals surface area contributed by atoms with E-state index in [0.717, 1.165) is 6.20 Å². The number of aromatic nitrogens is 3. The molecule has 2 aromatic heterocycles. The van der Waals surface area contributed by atoms with E-state index >= 15 is 0 Å². The Morgan fingerprint density at radius 2 is 1.84 bits per heavy atom. The lowest BCUT2D eigenvalue weighted by molar-refractivity contribution is -0.149. The fourth-order valence-electron chi connectivity index (χ4n) is 3.83. The fourth-order valence-corrected chi connectivity index (χ4v) is 3.83. The number of carboxylic acids is 2. The number of hydrogen-bond donors (Lipinski definition) is 9. The molecule has 1 aliphatic heterocycles. The van der Waals surface area contributed by atoms with Gasteiger partial charge in [0.15, 0.2) is 12.3 Å². The Bertz CT molecular complexity index is 1330. The summed E-state index contributed by atoms with van der Waals surface area (Å²) in [6.07, 6.45) is -7.48. The fraction of sp³-hybridized carbons (Fsp3) is 0.429. The van der Waals surface area contributed by atoms with Gasteiger partial charge >= 0.3 is 17.6 Å². The molecule has 1 fully saturated rings. The van der Waals surface area contributed by atoms with E-state index in [9.17, 15) is 49.5 Å².